The lowest BCUT2D eigenvalue weighted by molar-refractivity contribution is -0.143. The lowest BCUT2D eigenvalue weighted by Gasteiger charge is -2.38. The normalized spacial score (nSPS) is 16.1. The third-order valence-electron chi connectivity index (χ3n) is 5.90. The van der Waals surface area contributed by atoms with Crippen LogP contribution in [0.3, 0.4) is 0 Å². The molecule has 0 bridgehead atoms. The summed E-state index contributed by atoms with van der Waals surface area (Å²) in [4.78, 5) is 29.1. The summed E-state index contributed by atoms with van der Waals surface area (Å²) in [6, 6.07) is 12.6. The van der Waals surface area contributed by atoms with Crippen LogP contribution in [0.5, 0.6) is 0 Å². The highest BCUT2D eigenvalue weighted by Crippen LogP contribution is 2.32. The largest absolute Gasteiger partial charge is 0.480 e. The molecular weight excluding hydrogens is 414 g/mol. The summed E-state index contributed by atoms with van der Waals surface area (Å²) in [5, 5.41) is 11.5. The molecule has 0 spiro atoms. The highest BCUT2D eigenvalue weighted by Gasteiger charge is 2.32. The third kappa shape index (κ3) is 3.60. The van der Waals surface area contributed by atoms with Crippen molar-refractivity contribution in [3.63, 3.8) is 0 Å². The minimum atomic E-state index is -0.865. The molecule has 5 rings (SSSR count). The number of aryl methyl sites for hydroxylation is 1. The molecule has 8 heteroatoms. The smallest absolute Gasteiger partial charge is 0.325 e. The molecule has 0 radical (unpaired) electrons. The zero-order valence-corrected chi connectivity index (χ0v) is 17.8. The van der Waals surface area contributed by atoms with Crippen molar-refractivity contribution in [2.45, 2.75) is 13.0 Å². The fraction of sp³-hybridized carbons (Fsp3) is 0.261. The Balaban J connectivity index is 1.40. The van der Waals surface area contributed by atoms with Crippen LogP contribution in [0.1, 0.15) is 17.3 Å². The van der Waals surface area contributed by atoms with Crippen LogP contribution in [0.25, 0.3) is 21.9 Å². The molecule has 1 atom stereocenters. The number of benzene rings is 2. The van der Waals surface area contributed by atoms with Crippen LogP contribution in [-0.4, -0.2) is 57.1 Å². The molecule has 3 heterocycles. The predicted molar refractivity (Wildman–Crippen MR) is 122 cm³/mol. The minimum Gasteiger partial charge on any atom is -0.480 e. The van der Waals surface area contributed by atoms with E-state index < -0.39 is 12.0 Å². The summed E-state index contributed by atoms with van der Waals surface area (Å²) < 4.78 is 0. The molecule has 2 N–H and O–H groups in total. The number of nitrogens with zero attached hydrogens (tertiary/aromatic N) is 4. The Morgan fingerprint density at radius 1 is 1.10 bits per heavy atom. The van der Waals surface area contributed by atoms with Gasteiger partial charge >= 0.3 is 5.97 Å². The van der Waals surface area contributed by atoms with Crippen LogP contribution < -0.4 is 4.90 Å². The molecule has 1 aliphatic heterocycles. The maximum absolute atomic E-state index is 12.3. The van der Waals surface area contributed by atoms with Crippen molar-refractivity contribution in [3.05, 3.63) is 64.9 Å². The van der Waals surface area contributed by atoms with Gasteiger partial charge in [0.15, 0.2) is 5.82 Å². The highest BCUT2D eigenvalue weighted by atomic mass is 35.5. The van der Waals surface area contributed by atoms with E-state index in [9.17, 15) is 9.90 Å². The predicted octanol–water partition coefficient (Wildman–Crippen LogP) is 4.02. The molecule has 2 aromatic carbocycles. The molecular formula is C23H22ClN5O2. The molecule has 4 aromatic rings. The quantitative estimate of drug-likeness (QED) is 0.503. The Morgan fingerprint density at radius 2 is 1.81 bits per heavy atom. The zero-order chi connectivity index (χ0) is 21.5. The number of hydrogen-bond donors (Lipinski definition) is 2. The number of piperazine rings is 1. The second kappa shape index (κ2) is 7.83. The van der Waals surface area contributed by atoms with Gasteiger partial charge in [-0.05, 0) is 37.3 Å². The average molecular weight is 436 g/mol. The zero-order valence-electron chi connectivity index (χ0n) is 17.0. The third-order valence-corrected chi connectivity index (χ3v) is 6.14. The maximum atomic E-state index is 12.3. The number of para-hydroxylation sites is 2. The number of aliphatic carboxylic acids is 1. The van der Waals surface area contributed by atoms with E-state index >= 15 is 0 Å². The summed E-state index contributed by atoms with van der Waals surface area (Å²) in [6.07, 6.45) is 1.78. The van der Waals surface area contributed by atoms with Gasteiger partial charge in [0.05, 0.1) is 16.7 Å². The Morgan fingerprint density at radius 3 is 2.52 bits per heavy atom. The van der Waals surface area contributed by atoms with E-state index in [1.54, 1.807) is 12.3 Å². The van der Waals surface area contributed by atoms with Crippen molar-refractivity contribution in [2.75, 3.05) is 31.1 Å². The summed E-state index contributed by atoms with van der Waals surface area (Å²) in [5.74, 6) is 0.0000962. The molecule has 0 aliphatic carbocycles. The van der Waals surface area contributed by atoms with Gasteiger partial charge in [0.25, 0.3) is 0 Å². The first kappa shape index (κ1) is 19.8. The first-order chi connectivity index (χ1) is 15.0. The van der Waals surface area contributed by atoms with Crippen LogP contribution in [0.15, 0.2) is 48.7 Å². The van der Waals surface area contributed by atoms with Crippen LogP contribution >= 0.6 is 11.6 Å². The monoisotopic (exact) mass is 435 g/mol. The number of aromatic nitrogens is 3. The first-order valence-electron chi connectivity index (χ1n) is 10.2. The standard InChI is InChI=1S/C23H22ClN5O2/c1-14-22(27-20-5-3-2-4-19(20)26-14)29-10-8-28(9-11-29)21(23(30)31)17-13-25-18-7-6-15(24)12-16(17)18/h2-7,12-13,21,25H,8-11H2,1H3,(H,30,31). The lowest BCUT2D eigenvalue weighted by Crippen LogP contribution is -2.49. The van der Waals surface area contributed by atoms with Crippen LogP contribution in [-0.2, 0) is 4.79 Å². The number of carbonyl (C=O) groups is 1. The van der Waals surface area contributed by atoms with E-state index in [1.165, 1.54) is 0 Å². The lowest BCUT2D eigenvalue weighted by atomic mass is 10.0. The molecule has 1 unspecified atom stereocenters. The van der Waals surface area contributed by atoms with Crippen LogP contribution in [0.2, 0.25) is 5.02 Å². The number of anilines is 1. The summed E-state index contributed by atoms with van der Waals surface area (Å²) in [6.45, 7) is 4.55. The summed E-state index contributed by atoms with van der Waals surface area (Å²) in [7, 11) is 0. The van der Waals surface area contributed by atoms with Crippen LogP contribution in [0.4, 0.5) is 5.82 Å². The number of halogens is 1. The Hall–Kier alpha value is -3.16. The van der Waals surface area contributed by atoms with Crippen molar-refractivity contribution < 1.29 is 9.90 Å². The topological polar surface area (TPSA) is 85.3 Å². The Bertz CT molecular complexity index is 1280. The van der Waals surface area contributed by atoms with Crippen molar-refractivity contribution in [1.82, 2.24) is 19.9 Å². The molecule has 158 valence electrons. The van der Waals surface area contributed by atoms with Gasteiger partial charge in [-0.3, -0.25) is 9.69 Å². The average Bonchev–Trinajstić information content (AvgIpc) is 3.16. The van der Waals surface area contributed by atoms with E-state index in [4.69, 9.17) is 16.6 Å². The van der Waals surface area contributed by atoms with E-state index in [1.807, 2.05) is 48.2 Å². The van der Waals surface area contributed by atoms with Crippen molar-refractivity contribution in [2.24, 2.45) is 0 Å². The van der Waals surface area contributed by atoms with E-state index in [2.05, 4.69) is 14.9 Å². The van der Waals surface area contributed by atoms with Gasteiger partial charge in [-0.25, -0.2) is 9.97 Å². The van der Waals surface area contributed by atoms with Crippen molar-refractivity contribution in [1.29, 1.82) is 0 Å². The van der Waals surface area contributed by atoms with Gasteiger partial charge in [-0.15, -0.1) is 0 Å². The van der Waals surface area contributed by atoms with E-state index in [-0.39, 0.29) is 0 Å². The number of hydrogen-bond acceptors (Lipinski definition) is 5. The van der Waals surface area contributed by atoms with E-state index in [0.717, 1.165) is 39.0 Å². The molecule has 2 aromatic heterocycles. The number of H-pyrrole nitrogens is 1. The fourth-order valence-electron chi connectivity index (χ4n) is 4.40. The molecule has 0 amide bonds. The molecule has 1 saturated heterocycles. The van der Waals surface area contributed by atoms with Gasteiger partial charge in [0.2, 0.25) is 0 Å². The van der Waals surface area contributed by atoms with Crippen LogP contribution in [0, 0.1) is 6.92 Å². The van der Waals surface area contributed by atoms with E-state index in [0.29, 0.717) is 31.2 Å². The molecule has 1 fully saturated rings. The van der Waals surface area contributed by atoms with Gasteiger partial charge in [0, 0.05) is 53.9 Å². The van der Waals surface area contributed by atoms with Crippen molar-refractivity contribution >= 4 is 45.3 Å². The second-order valence-electron chi connectivity index (χ2n) is 7.82. The Labute approximate surface area is 184 Å². The fourth-order valence-corrected chi connectivity index (χ4v) is 4.57. The maximum Gasteiger partial charge on any atom is 0.325 e. The van der Waals surface area contributed by atoms with Gasteiger partial charge < -0.3 is 15.0 Å². The number of aromatic amines is 1. The minimum absolute atomic E-state index is 0.590. The molecule has 1 aliphatic rings. The van der Waals surface area contributed by atoms with Crippen molar-refractivity contribution in [3.8, 4) is 0 Å². The molecule has 31 heavy (non-hydrogen) atoms. The Kier molecular flexibility index (Phi) is 5.00. The summed E-state index contributed by atoms with van der Waals surface area (Å²) in [5.41, 5.74) is 4.25. The molecule has 7 nitrogen and oxygen atoms in total. The summed E-state index contributed by atoms with van der Waals surface area (Å²) >= 11 is 6.17. The number of carboxylic acid groups (broad SMARTS) is 1. The first-order valence-corrected chi connectivity index (χ1v) is 10.6. The highest BCUT2D eigenvalue weighted by molar-refractivity contribution is 6.31. The number of rotatable bonds is 4. The SMILES string of the molecule is Cc1nc2ccccc2nc1N1CCN(C(C(=O)O)c2c[nH]c3ccc(Cl)cc23)CC1. The number of fused-ring (bicyclic) bond motifs is 2. The molecule has 0 saturated carbocycles. The van der Waals surface area contributed by atoms with Gasteiger partial charge in [-0.1, -0.05) is 23.7 Å². The number of carboxylic acids is 1. The second-order valence-corrected chi connectivity index (χ2v) is 8.26. The van der Waals surface area contributed by atoms with Gasteiger partial charge in [-0.2, -0.15) is 0 Å². The van der Waals surface area contributed by atoms with Gasteiger partial charge in [0.1, 0.15) is 6.04 Å². The number of nitrogens with one attached hydrogen (secondary N) is 1.